The number of ether oxygens (including phenoxy) is 1. The van der Waals surface area contributed by atoms with Gasteiger partial charge in [-0.15, -0.1) is 5.10 Å². The number of thioether (sulfide) groups is 1. The van der Waals surface area contributed by atoms with Crippen molar-refractivity contribution in [3.05, 3.63) is 53.6 Å². The van der Waals surface area contributed by atoms with Gasteiger partial charge in [0.25, 0.3) is 0 Å². The molecule has 8 heteroatoms. The highest BCUT2D eigenvalue weighted by atomic mass is 35.5. The van der Waals surface area contributed by atoms with E-state index in [9.17, 15) is 4.21 Å². The zero-order chi connectivity index (χ0) is 17.6. The molecule has 0 aliphatic carbocycles. The summed E-state index contributed by atoms with van der Waals surface area (Å²) in [6.45, 7) is 0. The van der Waals surface area contributed by atoms with E-state index in [-0.39, 0.29) is 0 Å². The van der Waals surface area contributed by atoms with Gasteiger partial charge in [-0.2, -0.15) is 0 Å². The Bertz CT molecular complexity index is 871. The van der Waals surface area contributed by atoms with Crippen LogP contribution in [0.1, 0.15) is 0 Å². The number of methoxy groups -OCH3 is 1. The van der Waals surface area contributed by atoms with Crippen molar-refractivity contribution in [2.75, 3.05) is 18.6 Å². The number of nitrogens with zero attached hydrogens (tertiary/aromatic N) is 2. The standard InChI is InChI=1S/C17H16ClN3O2S2/c1-23-15-8-7-12(18)11-14(15)16-19-17(21-20-16)24-9-10-25(22)13-5-3-2-4-6-13/h2-8,11H,9-10H2,1H3,(H,19,20,21). The lowest BCUT2D eigenvalue weighted by Crippen LogP contribution is -2.00. The van der Waals surface area contributed by atoms with Crippen LogP contribution in [0.2, 0.25) is 5.02 Å². The van der Waals surface area contributed by atoms with Crippen LogP contribution in [0.15, 0.2) is 58.6 Å². The van der Waals surface area contributed by atoms with Crippen molar-refractivity contribution in [1.29, 1.82) is 0 Å². The van der Waals surface area contributed by atoms with Crippen LogP contribution < -0.4 is 4.74 Å². The predicted octanol–water partition coefficient (Wildman–Crippen LogP) is 4.03. The van der Waals surface area contributed by atoms with Crippen LogP contribution >= 0.6 is 23.4 Å². The van der Waals surface area contributed by atoms with Crippen LogP contribution in [0, 0.1) is 0 Å². The predicted molar refractivity (Wildman–Crippen MR) is 102 cm³/mol. The fraction of sp³-hybridized carbons (Fsp3) is 0.176. The summed E-state index contributed by atoms with van der Waals surface area (Å²) in [7, 11) is 0.576. The molecule has 3 rings (SSSR count). The molecule has 5 nitrogen and oxygen atoms in total. The molecule has 3 aromatic rings. The summed E-state index contributed by atoms with van der Waals surface area (Å²) < 4.78 is 17.5. The van der Waals surface area contributed by atoms with Crippen LogP contribution in [0.4, 0.5) is 0 Å². The van der Waals surface area contributed by atoms with Crippen molar-refractivity contribution >= 4 is 34.2 Å². The van der Waals surface area contributed by atoms with E-state index in [0.29, 0.717) is 33.3 Å². The molecule has 0 aliphatic rings. The number of hydrogen-bond acceptors (Lipinski definition) is 5. The van der Waals surface area contributed by atoms with Gasteiger partial charge >= 0.3 is 0 Å². The van der Waals surface area contributed by atoms with Gasteiger partial charge in [-0.1, -0.05) is 41.6 Å². The highest BCUT2D eigenvalue weighted by Gasteiger charge is 2.12. The molecule has 1 atom stereocenters. The van der Waals surface area contributed by atoms with Gasteiger partial charge in [0.05, 0.1) is 23.5 Å². The molecule has 1 unspecified atom stereocenters. The molecule has 0 fully saturated rings. The maximum atomic E-state index is 12.2. The van der Waals surface area contributed by atoms with E-state index in [0.717, 1.165) is 10.5 Å². The molecular weight excluding hydrogens is 378 g/mol. The van der Waals surface area contributed by atoms with E-state index < -0.39 is 10.8 Å². The second-order valence-corrected chi connectivity index (χ2v) is 8.09. The Morgan fingerprint density at radius 2 is 2.04 bits per heavy atom. The summed E-state index contributed by atoms with van der Waals surface area (Å²) in [5.74, 6) is 2.46. The van der Waals surface area contributed by atoms with Gasteiger partial charge in [0.2, 0.25) is 5.16 Å². The second kappa shape index (κ2) is 8.51. The molecule has 0 spiro atoms. The minimum atomic E-state index is -1.02. The summed E-state index contributed by atoms with van der Waals surface area (Å²) in [6, 6.07) is 14.8. The number of aromatic amines is 1. The van der Waals surface area contributed by atoms with Gasteiger partial charge in [0.1, 0.15) is 5.75 Å². The van der Waals surface area contributed by atoms with Crippen molar-refractivity contribution in [3.63, 3.8) is 0 Å². The first-order valence-corrected chi connectivity index (χ1v) is 10.2. The molecule has 0 radical (unpaired) electrons. The van der Waals surface area contributed by atoms with Gasteiger partial charge in [0.15, 0.2) is 5.82 Å². The van der Waals surface area contributed by atoms with Crippen LogP contribution in [0.25, 0.3) is 11.4 Å². The average Bonchev–Trinajstić information content (AvgIpc) is 3.11. The lowest BCUT2D eigenvalue weighted by atomic mass is 10.2. The Balaban J connectivity index is 1.63. The van der Waals surface area contributed by atoms with Crippen molar-refractivity contribution in [1.82, 2.24) is 15.2 Å². The van der Waals surface area contributed by atoms with Crippen LogP contribution in [-0.4, -0.2) is 38.0 Å². The molecule has 0 saturated carbocycles. The number of benzene rings is 2. The van der Waals surface area contributed by atoms with E-state index in [1.807, 2.05) is 30.3 Å². The molecule has 0 saturated heterocycles. The smallest absolute Gasteiger partial charge is 0.208 e. The molecule has 0 amide bonds. The minimum absolute atomic E-state index is 0.541. The number of rotatable bonds is 7. The van der Waals surface area contributed by atoms with Gasteiger partial charge < -0.3 is 4.74 Å². The molecule has 0 aliphatic heterocycles. The largest absolute Gasteiger partial charge is 0.496 e. The number of aromatic nitrogens is 3. The monoisotopic (exact) mass is 393 g/mol. The molecule has 2 aromatic carbocycles. The summed E-state index contributed by atoms with van der Waals surface area (Å²) in [6.07, 6.45) is 0. The van der Waals surface area contributed by atoms with E-state index in [4.69, 9.17) is 16.3 Å². The molecule has 0 bridgehead atoms. The van der Waals surface area contributed by atoms with E-state index in [1.54, 1.807) is 25.3 Å². The number of H-pyrrole nitrogens is 1. The lowest BCUT2D eigenvalue weighted by Gasteiger charge is -2.05. The summed E-state index contributed by atoms with van der Waals surface area (Å²) >= 11 is 7.51. The fourth-order valence-corrected chi connectivity index (χ4v) is 4.45. The van der Waals surface area contributed by atoms with Crippen LogP contribution in [-0.2, 0) is 10.8 Å². The van der Waals surface area contributed by atoms with E-state index >= 15 is 0 Å². The van der Waals surface area contributed by atoms with Crippen molar-refractivity contribution in [3.8, 4) is 17.1 Å². The maximum absolute atomic E-state index is 12.2. The Morgan fingerprint density at radius 3 is 2.80 bits per heavy atom. The molecule has 25 heavy (non-hydrogen) atoms. The highest BCUT2D eigenvalue weighted by molar-refractivity contribution is 8.00. The Kier molecular flexibility index (Phi) is 6.12. The first-order chi connectivity index (χ1) is 12.2. The molecular formula is C17H16ClN3O2S2. The Morgan fingerprint density at radius 1 is 1.24 bits per heavy atom. The van der Waals surface area contributed by atoms with Gasteiger partial charge in [-0.05, 0) is 30.3 Å². The first-order valence-electron chi connectivity index (χ1n) is 7.50. The minimum Gasteiger partial charge on any atom is -0.496 e. The van der Waals surface area contributed by atoms with Crippen LogP contribution in [0.3, 0.4) is 0 Å². The normalized spacial score (nSPS) is 12.1. The lowest BCUT2D eigenvalue weighted by molar-refractivity contribution is 0.416. The van der Waals surface area contributed by atoms with E-state index in [2.05, 4.69) is 15.2 Å². The highest BCUT2D eigenvalue weighted by Crippen LogP contribution is 2.31. The summed E-state index contributed by atoms with van der Waals surface area (Å²) in [5.41, 5.74) is 0.752. The molecule has 1 heterocycles. The van der Waals surface area contributed by atoms with Gasteiger partial charge in [0, 0.05) is 21.4 Å². The topological polar surface area (TPSA) is 67.9 Å². The van der Waals surface area contributed by atoms with Crippen molar-refractivity contribution in [2.45, 2.75) is 10.1 Å². The summed E-state index contributed by atoms with van der Waals surface area (Å²) in [5, 5.41) is 8.29. The zero-order valence-corrected chi connectivity index (χ0v) is 15.8. The SMILES string of the molecule is COc1ccc(Cl)cc1-c1nc(SCCS(=O)c2ccccc2)n[nH]1. The number of hydrogen-bond donors (Lipinski definition) is 1. The van der Waals surface area contributed by atoms with Gasteiger partial charge in [-0.3, -0.25) is 9.31 Å². The second-order valence-electron chi connectivity index (χ2n) is 5.02. The third-order valence-corrected chi connectivity index (χ3v) is 6.10. The fourth-order valence-electron chi connectivity index (χ4n) is 2.20. The molecule has 130 valence electrons. The maximum Gasteiger partial charge on any atom is 0.208 e. The molecule has 1 N–H and O–H groups in total. The summed E-state index contributed by atoms with van der Waals surface area (Å²) in [4.78, 5) is 5.29. The third-order valence-electron chi connectivity index (χ3n) is 3.39. The number of halogens is 1. The molecule has 1 aromatic heterocycles. The van der Waals surface area contributed by atoms with Crippen molar-refractivity contribution in [2.24, 2.45) is 0 Å². The van der Waals surface area contributed by atoms with Crippen molar-refractivity contribution < 1.29 is 8.95 Å². The Labute approximate surface area is 157 Å². The zero-order valence-electron chi connectivity index (χ0n) is 13.4. The average molecular weight is 394 g/mol. The number of nitrogens with one attached hydrogen (secondary N) is 1. The van der Waals surface area contributed by atoms with Crippen LogP contribution in [0.5, 0.6) is 5.75 Å². The Hall–Kier alpha value is -1.83. The quantitative estimate of drug-likeness (QED) is 0.613. The van der Waals surface area contributed by atoms with Gasteiger partial charge in [-0.25, -0.2) is 4.98 Å². The third kappa shape index (κ3) is 4.62. The van der Waals surface area contributed by atoms with E-state index in [1.165, 1.54) is 11.8 Å². The first kappa shape index (κ1) is 18.0.